The molecule has 1 aromatic carbocycles. The van der Waals surface area contributed by atoms with Crippen molar-refractivity contribution in [3.05, 3.63) is 69.0 Å². The van der Waals surface area contributed by atoms with Crippen molar-refractivity contribution in [2.75, 3.05) is 0 Å². The van der Waals surface area contributed by atoms with E-state index in [9.17, 15) is 4.79 Å². The van der Waals surface area contributed by atoms with E-state index in [1.807, 2.05) is 44.2 Å². The highest BCUT2D eigenvalue weighted by atomic mass is 35.5. The molecule has 0 aliphatic rings. The molecule has 3 aromatic heterocycles. The van der Waals surface area contributed by atoms with Gasteiger partial charge in [0.25, 0.3) is 11.3 Å². The molecule has 0 fully saturated rings. The molecular weight excluding hydrogens is 338 g/mol. The molecule has 1 unspecified atom stereocenters. The van der Waals surface area contributed by atoms with E-state index < -0.39 is 0 Å². The number of fused-ring (bicyclic) bond motifs is 3. The van der Waals surface area contributed by atoms with Gasteiger partial charge in [-0.05, 0) is 44.5 Å². The van der Waals surface area contributed by atoms with E-state index in [0.29, 0.717) is 33.2 Å². The van der Waals surface area contributed by atoms with Crippen LogP contribution in [0.15, 0.2) is 41.3 Å². The van der Waals surface area contributed by atoms with Gasteiger partial charge < -0.3 is 4.57 Å². The van der Waals surface area contributed by atoms with Gasteiger partial charge in [-0.3, -0.25) is 4.79 Å². The first-order valence-electron chi connectivity index (χ1n) is 7.96. The van der Waals surface area contributed by atoms with Gasteiger partial charge in [-0.15, -0.1) is 5.10 Å². The summed E-state index contributed by atoms with van der Waals surface area (Å²) in [5.41, 5.74) is 2.28. The van der Waals surface area contributed by atoms with Crippen molar-refractivity contribution in [1.29, 1.82) is 0 Å². The maximum Gasteiger partial charge on any atom is 0.262 e. The number of halogens is 1. The zero-order valence-electron chi connectivity index (χ0n) is 14.1. The summed E-state index contributed by atoms with van der Waals surface area (Å²) < 4.78 is 3.33. The van der Waals surface area contributed by atoms with Gasteiger partial charge in [0.1, 0.15) is 5.82 Å². The van der Waals surface area contributed by atoms with Gasteiger partial charge in [-0.2, -0.15) is 9.50 Å². The molecule has 0 bridgehead atoms. The lowest BCUT2D eigenvalue weighted by Gasteiger charge is -2.17. The van der Waals surface area contributed by atoms with Crippen LogP contribution < -0.4 is 5.56 Å². The average Bonchev–Trinajstić information content (AvgIpc) is 2.95. The maximum atomic E-state index is 13.1. The van der Waals surface area contributed by atoms with Crippen LogP contribution in [0, 0.1) is 13.8 Å². The molecule has 0 aliphatic carbocycles. The Hall–Kier alpha value is -2.73. The summed E-state index contributed by atoms with van der Waals surface area (Å²) in [5, 5.41) is 5.57. The van der Waals surface area contributed by atoms with Crippen LogP contribution in [-0.2, 0) is 0 Å². The number of aromatic nitrogens is 5. The standard InChI is InChI=1S/C18H16ClN5O/c1-10-16-15(24-18(20-10)21-12(3)22-24)8-9-23(17(16)25)11(2)13-4-6-14(19)7-5-13/h4-9,11H,1-3H3. The van der Waals surface area contributed by atoms with E-state index in [-0.39, 0.29) is 11.6 Å². The van der Waals surface area contributed by atoms with Crippen LogP contribution in [0.5, 0.6) is 0 Å². The highest BCUT2D eigenvalue weighted by Gasteiger charge is 2.16. The lowest BCUT2D eigenvalue weighted by Crippen LogP contribution is -2.25. The van der Waals surface area contributed by atoms with Crippen LogP contribution >= 0.6 is 11.6 Å². The first-order valence-corrected chi connectivity index (χ1v) is 8.34. The molecule has 4 rings (SSSR count). The molecule has 3 heterocycles. The van der Waals surface area contributed by atoms with E-state index in [2.05, 4.69) is 15.1 Å². The van der Waals surface area contributed by atoms with Gasteiger partial charge in [0.15, 0.2) is 0 Å². The molecule has 126 valence electrons. The van der Waals surface area contributed by atoms with Crippen molar-refractivity contribution in [2.24, 2.45) is 0 Å². The van der Waals surface area contributed by atoms with E-state index in [0.717, 1.165) is 5.56 Å². The second-order valence-electron chi connectivity index (χ2n) is 6.08. The predicted molar refractivity (Wildman–Crippen MR) is 97.3 cm³/mol. The Bertz CT molecular complexity index is 1160. The minimum absolute atomic E-state index is 0.0972. The van der Waals surface area contributed by atoms with Crippen LogP contribution in [0.1, 0.15) is 30.0 Å². The van der Waals surface area contributed by atoms with E-state index >= 15 is 0 Å². The van der Waals surface area contributed by atoms with Crippen LogP contribution in [0.2, 0.25) is 5.02 Å². The minimum Gasteiger partial charge on any atom is -0.308 e. The molecule has 0 saturated heterocycles. The lowest BCUT2D eigenvalue weighted by atomic mass is 10.1. The number of hydrogen-bond donors (Lipinski definition) is 0. The van der Waals surface area contributed by atoms with Crippen molar-refractivity contribution in [3.8, 4) is 0 Å². The van der Waals surface area contributed by atoms with E-state index in [4.69, 9.17) is 11.6 Å². The Kier molecular flexibility index (Phi) is 3.58. The molecule has 4 aromatic rings. The first kappa shape index (κ1) is 15.8. The van der Waals surface area contributed by atoms with Crippen molar-refractivity contribution in [3.63, 3.8) is 0 Å². The fourth-order valence-electron chi connectivity index (χ4n) is 3.11. The third kappa shape index (κ3) is 2.49. The fourth-order valence-corrected chi connectivity index (χ4v) is 3.23. The van der Waals surface area contributed by atoms with Gasteiger partial charge in [-0.25, -0.2) is 4.98 Å². The third-order valence-electron chi connectivity index (χ3n) is 4.42. The summed E-state index contributed by atoms with van der Waals surface area (Å²) in [6.07, 6.45) is 1.79. The number of pyridine rings is 1. The Labute approximate surface area is 148 Å². The smallest absolute Gasteiger partial charge is 0.262 e. The molecule has 6 nitrogen and oxygen atoms in total. The number of aryl methyl sites for hydroxylation is 2. The Morgan fingerprint density at radius 3 is 2.52 bits per heavy atom. The molecule has 0 saturated carbocycles. The zero-order valence-corrected chi connectivity index (χ0v) is 14.8. The Morgan fingerprint density at radius 1 is 1.08 bits per heavy atom. The molecule has 0 spiro atoms. The van der Waals surface area contributed by atoms with Crippen LogP contribution in [-0.4, -0.2) is 24.1 Å². The van der Waals surface area contributed by atoms with Crippen molar-refractivity contribution < 1.29 is 0 Å². The molecule has 0 amide bonds. The summed E-state index contributed by atoms with van der Waals surface area (Å²) in [4.78, 5) is 21.8. The summed E-state index contributed by atoms with van der Waals surface area (Å²) in [6, 6.07) is 9.28. The molecule has 1 atom stereocenters. The third-order valence-corrected chi connectivity index (χ3v) is 4.67. The van der Waals surface area contributed by atoms with Gasteiger partial charge in [0.2, 0.25) is 0 Å². The fraction of sp³-hybridized carbons (Fsp3) is 0.222. The summed E-state index contributed by atoms with van der Waals surface area (Å²) in [6.45, 7) is 5.61. The van der Waals surface area contributed by atoms with Crippen LogP contribution in [0.3, 0.4) is 0 Å². The zero-order chi connectivity index (χ0) is 17.7. The lowest BCUT2D eigenvalue weighted by molar-refractivity contribution is 0.618. The van der Waals surface area contributed by atoms with Crippen molar-refractivity contribution >= 4 is 28.3 Å². The Morgan fingerprint density at radius 2 is 1.80 bits per heavy atom. The quantitative estimate of drug-likeness (QED) is 0.554. The van der Waals surface area contributed by atoms with Crippen LogP contribution in [0.25, 0.3) is 16.7 Å². The minimum atomic E-state index is -0.123. The molecular formula is C18H16ClN5O. The largest absolute Gasteiger partial charge is 0.308 e. The van der Waals surface area contributed by atoms with Gasteiger partial charge in [0, 0.05) is 11.2 Å². The van der Waals surface area contributed by atoms with Gasteiger partial charge in [0.05, 0.1) is 22.6 Å². The van der Waals surface area contributed by atoms with Gasteiger partial charge >= 0.3 is 0 Å². The number of benzene rings is 1. The monoisotopic (exact) mass is 353 g/mol. The second-order valence-corrected chi connectivity index (χ2v) is 6.52. The Balaban J connectivity index is 1.96. The van der Waals surface area contributed by atoms with E-state index in [1.165, 1.54) is 0 Å². The summed E-state index contributed by atoms with van der Waals surface area (Å²) >= 11 is 5.96. The molecule has 0 N–H and O–H groups in total. The topological polar surface area (TPSA) is 65.1 Å². The highest BCUT2D eigenvalue weighted by Crippen LogP contribution is 2.21. The average molecular weight is 354 g/mol. The molecule has 0 radical (unpaired) electrons. The number of rotatable bonds is 2. The van der Waals surface area contributed by atoms with Gasteiger partial charge in [-0.1, -0.05) is 23.7 Å². The SMILES string of the molecule is Cc1nc2nc(C)c3c(=O)n(C(C)c4ccc(Cl)cc4)ccc3n2n1. The van der Waals surface area contributed by atoms with Crippen LogP contribution in [0.4, 0.5) is 0 Å². The molecule has 0 aliphatic heterocycles. The van der Waals surface area contributed by atoms with Crippen molar-refractivity contribution in [2.45, 2.75) is 26.8 Å². The molecule has 7 heteroatoms. The number of nitrogens with zero attached hydrogens (tertiary/aromatic N) is 5. The predicted octanol–water partition coefficient (Wildman–Crippen LogP) is 3.32. The van der Waals surface area contributed by atoms with Crippen molar-refractivity contribution in [1.82, 2.24) is 24.1 Å². The summed E-state index contributed by atoms with van der Waals surface area (Å²) in [5.74, 6) is 1.13. The molecule has 25 heavy (non-hydrogen) atoms. The number of hydrogen-bond acceptors (Lipinski definition) is 4. The van der Waals surface area contributed by atoms with E-state index in [1.54, 1.807) is 22.2 Å². The maximum absolute atomic E-state index is 13.1. The second kappa shape index (κ2) is 5.67. The highest BCUT2D eigenvalue weighted by molar-refractivity contribution is 6.30. The normalized spacial score (nSPS) is 12.8. The first-order chi connectivity index (χ1) is 12.0. The summed E-state index contributed by atoms with van der Waals surface area (Å²) in [7, 11) is 0.